The number of hydrogen-bond acceptors (Lipinski definition) is 1. The third-order valence-corrected chi connectivity index (χ3v) is 3.74. The molecule has 0 aliphatic heterocycles. The van der Waals surface area contributed by atoms with Gasteiger partial charge in [0.25, 0.3) is 0 Å². The molecule has 1 heterocycles. The molecule has 100 valence electrons. The van der Waals surface area contributed by atoms with Crippen LogP contribution in [0.5, 0.6) is 0 Å². The number of aromatic nitrogens is 1. The standard InChI is InChI=1S/C15H16ClNO2/c1-8-5-9(2)13-11(6-8)12(14(16)17(13)4)7-10(3)15(18)19/h5-7H,1-4H3,(H,18,19)/b10-7+. The van der Waals surface area contributed by atoms with Crippen molar-refractivity contribution in [2.75, 3.05) is 0 Å². The van der Waals surface area contributed by atoms with Crippen LogP contribution in [-0.2, 0) is 11.8 Å². The van der Waals surface area contributed by atoms with Crippen LogP contribution in [0.2, 0.25) is 5.15 Å². The van der Waals surface area contributed by atoms with Crippen molar-refractivity contribution in [3.8, 4) is 0 Å². The first-order valence-corrected chi connectivity index (χ1v) is 6.37. The summed E-state index contributed by atoms with van der Waals surface area (Å²) in [5, 5.41) is 10.6. The smallest absolute Gasteiger partial charge is 0.331 e. The number of carboxylic acid groups (broad SMARTS) is 1. The van der Waals surface area contributed by atoms with E-state index in [1.165, 1.54) is 0 Å². The van der Waals surface area contributed by atoms with E-state index < -0.39 is 5.97 Å². The molecule has 1 aromatic carbocycles. The molecule has 0 amide bonds. The highest BCUT2D eigenvalue weighted by molar-refractivity contribution is 6.33. The van der Waals surface area contributed by atoms with Crippen LogP contribution in [0.25, 0.3) is 17.0 Å². The molecule has 1 N–H and O–H groups in total. The van der Waals surface area contributed by atoms with Crippen molar-refractivity contribution >= 4 is 34.5 Å². The predicted molar refractivity (Wildman–Crippen MR) is 78.7 cm³/mol. The van der Waals surface area contributed by atoms with Gasteiger partial charge in [-0.25, -0.2) is 4.79 Å². The summed E-state index contributed by atoms with van der Waals surface area (Å²) >= 11 is 6.34. The van der Waals surface area contributed by atoms with Crippen LogP contribution in [0.15, 0.2) is 17.7 Å². The number of carboxylic acids is 1. The maximum Gasteiger partial charge on any atom is 0.331 e. The second-order valence-electron chi connectivity index (χ2n) is 4.87. The minimum Gasteiger partial charge on any atom is -0.478 e. The van der Waals surface area contributed by atoms with Crippen molar-refractivity contribution < 1.29 is 9.90 Å². The van der Waals surface area contributed by atoms with Gasteiger partial charge in [0.15, 0.2) is 0 Å². The van der Waals surface area contributed by atoms with Gasteiger partial charge in [-0.3, -0.25) is 0 Å². The zero-order valence-electron chi connectivity index (χ0n) is 11.4. The lowest BCUT2D eigenvalue weighted by atomic mass is 10.0. The minimum absolute atomic E-state index is 0.272. The molecule has 1 aromatic heterocycles. The topological polar surface area (TPSA) is 42.2 Å². The Morgan fingerprint density at radius 1 is 1.37 bits per heavy atom. The number of nitrogens with zero attached hydrogens (tertiary/aromatic N) is 1. The summed E-state index contributed by atoms with van der Waals surface area (Å²) in [7, 11) is 1.89. The molecular formula is C15H16ClNO2. The number of benzene rings is 1. The molecule has 0 fully saturated rings. The summed E-state index contributed by atoms with van der Waals surface area (Å²) in [6.45, 7) is 5.62. The Hall–Kier alpha value is -1.74. The van der Waals surface area contributed by atoms with Crippen LogP contribution >= 0.6 is 11.6 Å². The number of aliphatic carboxylic acids is 1. The van der Waals surface area contributed by atoms with Gasteiger partial charge >= 0.3 is 5.97 Å². The molecule has 0 aliphatic carbocycles. The van der Waals surface area contributed by atoms with E-state index in [-0.39, 0.29) is 5.57 Å². The summed E-state index contributed by atoms with van der Waals surface area (Å²) in [6, 6.07) is 4.13. The van der Waals surface area contributed by atoms with E-state index in [0.29, 0.717) is 5.15 Å². The van der Waals surface area contributed by atoms with Crippen molar-refractivity contribution in [1.29, 1.82) is 0 Å². The maximum absolute atomic E-state index is 11.0. The Morgan fingerprint density at radius 2 is 2.00 bits per heavy atom. The summed E-state index contributed by atoms with van der Waals surface area (Å²) < 4.78 is 1.90. The molecule has 0 spiro atoms. The van der Waals surface area contributed by atoms with Gasteiger partial charge in [0.1, 0.15) is 5.15 Å². The average Bonchev–Trinajstić information content (AvgIpc) is 2.54. The minimum atomic E-state index is -0.933. The first kappa shape index (κ1) is 13.7. The lowest BCUT2D eigenvalue weighted by Crippen LogP contribution is -1.95. The normalized spacial score (nSPS) is 12.2. The Bertz CT molecular complexity index is 711. The molecule has 0 atom stereocenters. The molecular weight excluding hydrogens is 262 g/mol. The van der Waals surface area contributed by atoms with E-state index >= 15 is 0 Å². The highest BCUT2D eigenvalue weighted by Crippen LogP contribution is 2.33. The molecule has 4 heteroatoms. The number of aryl methyl sites for hydroxylation is 3. The molecule has 19 heavy (non-hydrogen) atoms. The van der Waals surface area contributed by atoms with Gasteiger partial charge in [-0.15, -0.1) is 0 Å². The van der Waals surface area contributed by atoms with Crippen LogP contribution in [0, 0.1) is 13.8 Å². The van der Waals surface area contributed by atoms with Crippen LogP contribution in [0.3, 0.4) is 0 Å². The zero-order chi connectivity index (χ0) is 14.3. The fourth-order valence-corrected chi connectivity index (χ4v) is 2.66. The second-order valence-corrected chi connectivity index (χ2v) is 5.23. The van der Waals surface area contributed by atoms with Gasteiger partial charge in [-0.1, -0.05) is 23.2 Å². The van der Waals surface area contributed by atoms with Gasteiger partial charge < -0.3 is 9.67 Å². The van der Waals surface area contributed by atoms with Gasteiger partial charge in [0.05, 0.1) is 5.52 Å². The summed E-state index contributed by atoms with van der Waals surface area (Å²) in [5.41, 5.74) is 4.35. The van der Waals surface area contributed by atoms with Crippen LogP contribution in [0.4, 0.5) is 0 Å². The summed E-state index contributed by atoms with van der Waals surface area (Å²) in [6.07, 6.45) is 1.63. The van der Waals surface area contributed by atoms with Crippen molar-refractivity contribution in [3.05, 3.63) is 39.5 Å². The molecule has 2 rings (SSSR count). The quantitative estimate of drug-likeness (QED) is 0.845. The highest BCUT2D eigenvalue weighted by Gasteiger charge is 2.15. The molecule has 0 unspecified atom stereocenters. The first-order chi connectivity index (χ1) is 8.82. The number of halogens is 1. The molecule has 0 saturated carbocycles. The van der Waals surface area contributed by atoms with Gasteiger partial charge in [0.2, 0.25) is 0 Å². The Labute approximate surface area is 117 Å². The van der Waals surface area contributed by atoms with Crippen LogP contribution in [-0.4, -0.2) is 15.6 Å². The zero-order valence-corrected chi connectivity index (χ0v) is 12.2. The van der Waals surface area contributed by atoms with Crippen LogP contribution < -0.4 is 0 Å². The van der Waals surface area contributed by atoms with Crippen molar-refractivity contribution in [2.45, 2.75) is 20.8 Å². The monoisotopic (exact) mass is 277 g/mol. The molecule has 3 nitrogen and oxygen atoms in total. The average molecular weight is 278 g/mol. The SMILES string of the molecule is C/C(=C\c1c(Cl)n(C)c2c(C)cc(C)cc12)C(=O)O. The largest absolute Gasteiger partial charge is 0.478 e. The van der Waals surface area contributed by atoms with Crippen LogP contribution in [0.1, 0.15) is 23.6 Å². The Kier molecular flexibility index (Phi) is 3.42. The number of hydrogen-bond donors (Lipinski definition) is 1. The maximum atomic E-state index is 11.0. The highest BCUT2D eigenvalue weighted by atomic mass is 35.5. The molecule has 0 bridgehead atoms. The Morgan fingerprint density at radius 3 is 2.58 bits per heavy atom. The van der Waals surface area contributed by atoms with Crippen molar-refractivity contribution in [1.82, 2.24) is 4.57 Å². The first-order valence-electron chi connectivity index (χ1n) is 5.99. The second kappa shape index (κ2) is 4.74. The fraction of sp³-hybridized carbons (Fsp3) is 0.267. The van der Waals surface area contributed by atoms with Gasteiger partial charge in [0, 0.05) is 23.6 Å². The lowest BCUT2D eigenvalue weighted by molar-refractivity contribution is -0.132. The summed E-state index contributed by atoms with van der Waals surface area (Å²) in [5.74, 6) is -0.933. The lowest BCUT2D eigenvalue weighted by Gasteiger charge is -2.03. The Balaban J connectivity index is 2.85. The third kappa shape index (κ3) is 2.26. The third-order valence-electron chi connectivity index (χ3n) is 3.29. The fourth-order valence-electron chi connectivity index (χ4n) is 2.42. The molecule has 0 radical (unpaired) electrons. The van der Waals surface area contributed by atoms with Crippen molar-refractivity contribution in [3.63, 3.8) is 0 Å². The van der Waals surface area contributed by atoms with Gasteiger partial charge in [-0.2, -0.15) is 0 Å². The van der Waals surface area contributed by atoms with E-state index in [2.05, 4.69) is 6.07 Å². The van der Waals surface area contributed by atoms with Crippen molar-refractivity contribution in [2.24, 2.45) is 7.05 Å². The molecule has 0 saturated heterocycles. The van der Waals surface area contributed by atoms with E-state index in [1.54, 1.807) is 13.0 Å². The molecule has 0 aliphatic rings. The van der Waals surface area contributed by atoms with E-state index in [4.69, 9.17) is 16.7 Å². The molecule has 2 aromatic rings. The number of rotatable bonds is 2. The summed E-state index contributed by atoms with van der Waals surface area (Å²) in [4.78, 5) is 11.0. The van der Waals surface area contributed by atoms with Gasteiger partial charge in [-0.05, 0) is 38.5 Å². The van der Waals surface area contributed by atoms with E-state index in [9.17, 15) is 4.79 Å². The van der Waals surface area contributed by atoms with E-state index in [0.717, 1.165) is 27.6 Å². The predicted octanol–water partition coefficient (Wildman–Crippen LogP) is 3.94. The number of carbonyl (C=O) groups is 1. The number of fused-ring (bicyclic) bond motifs is 1. The van der Waals surface area contributed by atoms with E-state index in [1.807, 2.05) is 31.5 Å².